The minimum atomic E-state index is 0.601. The second-order valence-electron chi connectivity index (χ2n) is 6.47. The molecule has 0 aliphatic carbocycles. The first kappa shape index (κ1) is 21.3. The lowest BCUT2D eigenvalue weighted by Crippen LogP contribution is -2.31. The third kappa shape index (κ3) is 4.60. The van der Waals surface area contributed by atoms with Gasteiger partial charge in [-0.3, -0.25) is 0 Å². The summed E-state index contributed by atoms with van der Waals surface area (Å²) in [6, 6.07) is 5.93. The van der Waals surface area contributed by atoms with E-state index in [-0.39, 0.29) is 0 Å². The molecular formula is C21H27N3O4S. The van der Waals surface area contributed by atoms with Crippen LogP contribution in [0.3, 0.4) is 0 Å². The number of aryl methyl sites for hydroxylation is 1. The second kappa shape index (κ2) is 9.87. The number of aromatic nitrogens is 2. The molecule has 0 saturated heterocycles. The highest BCUT2D eigenvalue weighted by molar-refractivity contribution is 7.17. The van der Waals surface area contributed by atoms with E-state index in [1.54, 1.807) is 39.8 Å². The summed E-state index contributed by atoms with van der Waals surface area (Å²) in [7, 11) is 6.68. The number of thiophene rings is 1. The molecule has 0 saturated carbocycles. The van der Waals surface area contributed by atoms with Crippen LogP contribution in [0.2, 0.25) is 0 Å². The van der Waals surface area contributed by atoms with Crippen LogP contribution in [0.5, 0.6) is 11.5 Å². The molecule has 0 atom stereocenters. The van der Waals surface area contributed by atoms with Crippen molar-refractivity contribution in [3.63, 3.8) is 0 Å². The van der Waals surface area contributed by atoms with Crippen molar-refractivity contribution in [1.82, 2.24) is 9.97 Å². The van der Waals surface area contributed by atoms with Gasteiger partial charge in [-0.2, -0.15) is 0 Å². The van der Waals surface area contributed by atoms with Crippen LogP contribution in [-0.2, 0) is 9.47 Å². The molecule has 0 N–H and O–H groups in total. The molecule has 3 aromatic rings. The zero-order valence-corrected chi connectivity index (χ0v) is 18.3. The predicted octanol–water partition coefficient (Wildman–Crippen LogP) is 3.78. The highest BCUT2D eigenvalue weighted by Crippen LogP contribution is 2.41. The molecule has 29 heavy (non-hydrogen) atoms. The first-order valence-corrected chi connectivity index (χ1v) is 10.2. The Balaban J connectivity index is 2.15. The van der Waals surface area contributed by atoms with Crippen LogP contribution in [-0.4, -0.2) is 64.7 Å². The van der Waals surface area contributed by atoms with E-state index in [1.165, 1.54) is 0 Å². The summed E-state index contributed by atoms with van der Waals surface area (Å²) in [5.41, 5.74) is 2.10. The number of fused-ring (bicyclic) bond motifs is 1. The molecule has 2 aromatic heterocycles. The lowest BCUT2D eigenvalue weighted by Gasteiger charge is -2.24. The van der Waals surface area contributed by atoms with Gasteiger partial charge in [0.05, 0.1) is 32.8 Å². The molecule has 0 bridgehead atoms. The molecule has 0 spiro atoms. The third-order valence-electron chi connectivity index (χ3n) is 4.65. The van der Waals surface area contributed by atoms with E-state index in [4.69, 9.17) is 23.9 Å². The van der Waals surface area contributed by atoms with E-state index in [1.807, 2.05) is 25.1 Å². The molecule has 0 radical (unpaired) electrons. The van der Waals surface area contributed by atoms with E-state index in [9.17, 15) is 0 Å². The average molecular weight is 418 g/mol. The van der Waals surface area contributed by atoms with Crippen molar-refractivity contribution in [1.29, 1.82) is 0 Å². The van der Waals surface area contributed by atoms with Crippen LogP contribution in [0.15, 0.2) is 23.6 Å². The summed E-state index contributed by atoms with van der Waals surface area (Å²) in [5, 5.41) is 3.15. The summed E-state index contributed by atoms with van der Waals surface area (Å²) in [6.07, 6.45) is 0. The molecule has 8 heteroatoms. The Morgan fingerprint density at radius 3 is 2.24 bits per heavy atom. The number of hydrogen-bond acceptors (Lipinski definition) is 8. The van der Waals surface area contributed by atoms with Crippen molar-refractivity contribution in [3.8, 4) is 22.6 Å². The van der Waals surface area contributed by atoms with Gasteiger partial charge in [0.25, 0.3) is 0 Å². The predicted molar refractivity (Wildman–Crippen MR) is 117 cm³/mol. The fraction of sp³-hybridized carbons (Fsp3) is 0.429. The van der Waals surface area contributed by atoms with Crippen LogP contribution < -0.4 is 14.4 Å². The molecule has 0 aliphatic rings. The van der Waals surface area contributed by atoms with Crippen LogP contribution in [0, 0.1) is 6.92 Å². The number of ether oxygens (including phenoxy) is 4. The van der Waals surface area contributed by atoms with Crippen LogP contribution in [0.25, 0.3) is 21.3 Å². The normalized spacial score (nSPS) is 11.1. The molecule has 7 nitrogen and oxygen atoms in total. The maximum atomic E-state index is 5.49. The van der Waals surface area contributed by atoms with E-state index >= 15 is 0 Å². The highest BCUT2D eigenvalue weighted by Gasteiger charge is 2.20. The summed E-state index contributed by atoms with van der Waals surface area (Å²) in [6.45, 7) is 4.55. The van der Waals surface area contributed by atoms with Gasteiger partial charge < -0.3 is 23.8 Å². The van der Waals surface area contributed by atoms with E-state index in [0.717, 1.165) is 33.0 Å². The maximum Gasteiger partial charge on any atom is 0.161 e. The van der Waals surface area contributed by atoms with Gasteiger partial charge in [-0.1, -0.05) is 6.07 Å². The molecule has 0 unspecified atom stereocenters. The number of anilines is 1. The Labute approximate surface area is 175 Å². The Hall–Kier alpha value is -2.42. The van der Waals surface area contributed by atoms with Crippen molar-refractivity contribution in [3.05, 3.63) is 29.4 Å². The topological polar surface area (TPSA) is 65.9 Å². The molecule has 0 aliphatic heterocycles. The lowest BCUT2D eigenvalue weighted by molar-refractivity contribution is 0.190. The second-order valence-corrected chi connectivity index (χ2v) is 7.32. The zero-order valence-electron chi connectivity index (χ0n) is 17.5. The van der Waals surface area contributed by atoms with Crippen molar-refractivity contribution in [2.24, 2.45) is 0 Å². The van der Waals surface area contributed by atoms with Crippen molar-refractivity contribution in [2.75, 3.05) is 59.6 Å². The Bertz CT molecular complexity index is 952. The highest BCUT2D eigenvalue weighted by atomic mass is 32.1. The first-order valence-electron chi connectivity index (χ1n) is 9.34. The molecule has 0 amide bonds. The lowest BCUT2D eigenvalue weighted by atomic mass is 10.0. The average Bonchev–Trinajstić information content (AvgIpc) is 3.16. The number of methoxy groups -OCH3 is 4. The van der Waals surface area contributed by atoms with Gasteiger partial charge in [0, 0.05) is 38.3 Å². The number of rotatable bonds is 10. The maximum absolute atomic E-state index is 5.49. The summed E-state index contributed by atoms with van der Waals surface area (Å²) in [5.74, 6) is 3.03. The van der Waals surface area contributed by atoms with Crippen LogP contribution in [0.4, 0.5) is 5.82 Å². The Morgan fingerprint density at radius 2 is 1.62 bits per heavy atom. The number of nitrogens with zero attached hydrogens (tertiary/aromatic N) is 3. The number of hydrogen-bond donors (Lipinski definition) is 0. The van der Waals surface area contributed by atoms with Crippen molar-refractivity contribution in [2.45, 2.75) is 6.92 Å². The van der Waals surface area contributed by atoms with Gasteiger partial charge in [-0.25, -0.2) is 9.97 Å². The molecule has 156 valence electrons. The fourth-order valence-corrected chi connectivity index (χ4v) is 4.19. The van der Waals surface area contributed by atoms with E-state index in [0.29, 0.717) is 37.8 Å². The summed E-state index contributed by atoms with van der Waals surface area (Å²) in [4.78, 5) is 12.6. The summed E-state index contributed by atoms with van der Waals surface area (Å²) >= 11 is 1.61. The van der Waals surface area contributed by atoms with E-state index in [2.05, 4.69) is 15.3 Å². The van der Waals surface area contributed by atoms with Gasteiger partial charge in [-0.05, 0) is 24.6 Å². The molecule has 0 fully saturated rings. The Morgan fingerprint density at radius 1 is 0.931 bits per heavy atom. The molecule has 2 heterocycles. The van der Waals surface area contributed by atoms with Gasteiger partial charge in [0.2, 0.25) is 0 Å². The first-order chi connectivity index (χ1) is 14.1. The van der Waals surface area contributed by atoms with Gasteiger partial charge in [-0.15, -0.1) is 11.3 Å². The smallest absolute Gasteiger partial charge is 0.161 e. The van der Waals surface area contributed by atoms with Crippen molar-refractivity contribution < 1.29 is 18.9 Å². The zero-order chi connectivity index (χ0) is 20.8. The quantitative estimate of drug-likeness (QED) is 0.497. The largest absolute Gasteiger partial charge is 0.493 e. The van der Waals surface area contributed by atoms with Gasteiger partial charge in [0.1, 0.15) is 16.5 Å². The van der Waals surface area contributed by atoms with Crippen LogP contribution >= 0.6 is 11.3 Å². The minimum Gasteiger partial charge on any atom is -0.493 e. The molecular weight excluding hydrogens is 390 g/mol. The van der Waals surface area contributed by atoms with Gasteiger partial charge in [0.15, 0.2) is 11.5 Å². The fourth-order valence-electron chi connectivity index (χ4n) is 3.20. The van der Waals surface area contributed by atoms with Crippen LogP contribution in [0.1, 0.15) is 5.82 Å². The minimum absolute atomic E-state index is 0.601. The standard InChI is InChI=1S/C21H27N3O4S/c1-14-22-20(24(8-10-25-2)9-11-26-3)19-16(13-29-21(19)23-14)15-6-7-17(27-4)18(12-15)28-5/h6-7,12-13H,8-11H2,1-5H3. The van der Waals surface area contributed by atoms with E-state index < -0.39 is 0 Å². The molecule has 1 aromatic carbocycles. The third-order valence-corrected chi connectivity index (χ3v) is 5.52. The SMILES string of the molecule is COCCN(CCOC)c1nc(C)nc2scc(-c3ccc(OC)c(OC)c3)c12. The molecule has 3 rings (SSSR count). The monoisotopic (exact) mass is 417 g/mol. The Kier molecular flexibility index (Phi) is 7.24. The van der Waals surface area contributed by atoms with Gasteiger partial charge >= 0.3 is 0 Å². The number of benzene rings is 1. The van der Waals surface area contributed by atoms with Crippen molar-refractivity contribution >= 4 is 27.4 Å². The summed E-state index contributed by atoms with van der Waals surface area (Å²) < 4.78 is 21.5.